The number of hydrogen-bond acceptors (Lipinski definition) is 4. The zero-order valence-electron chi connectivity index (χ0n) is 14.7. The van der Waals surface area contributed by atoms with E-state index in [1.807, 2.05) is 12.1 Å². The van der Waals surface area contributed by atoms with Crippen molar-refractivity contribution in [2.75, 3.05) is 33.9 Å². The summed E-state index contributed by atoms with van der Waals surface area (Å²) < 4.78 is 10.8. The summed E-state index contributed by atoms with van der Waals surface area (Å²) in [5.74, 6) is 0.632. The van der Waals surface area contributed by atoms with Gasteiger partial charge in [0.15, 0.2) is 11.5 Å². The number of nitrogens with one attached hydrogen (secondary N) is 1. The first-order valence-corrected chi connectivity index (χ1v) is 8.43. The quantitative estimate of drug-likeness (QED) is 0.769. The fraction of sp³-hybridized carbons (Fsp3) is 0.263. The molecule has 0 aromatic heterocycles. The average molecular weight is 377 g/mol. The van der Waals surface area contributed by atoms with Gasteiger partial charge in [0.2, 0.25) is 5.91 Å². The number of nitrogens with zero attached hydrogens (tertiary/aromatic N) is 1. The van der Waals surface area contributed by atoms with Crippen molar-refractivity contribution in [1.82, 2.24) is 10.2 Å². The van der Waals surface area contributed by atoms with Crippen molar-refractivity contribution in [2.24, 2.45) is 0 Å². The van der Waals surface area contributed by atoms with Gasteiger partial charge in [0.05, 0.1) is 30.8 Å². The largest absolute Gasteiger partial charge is 0.493 e. The molecule has 0 bridgehead atoms. The third-order valence-corrected chi connectivity index (χ3v) is 4.03. The number of ether oxygens (including phenoxy) is 2. The number of benzene rings is 2. The maximum Gasteiger partial charge on any atom is 0.253 e. The van der Waals surface area contributed by atoms with Gasteiger partial charge < -0.3 is 19.7 Å². The molecule has 7 heteroatoms. The van der Waals surface area contributed by atoms with Gasteiger partial charge in [0.25, 0.3) is 5.91 Å². The highest BCUT2D eigenvalue weighted by Crippen LogP contribution is 2.25. The molecule has 0 unspecified atom stereocenters. The minimum absolute atomic E-state index is 0.116. The number of halogens is 1. The van der Waals surface area contributed by atoms with E-state index in [0.717, 1.165) is 0 Å². The van der Waals surface area contributed by atoms with Crippen molar-refractivity contribution in [1.29, 1.82) is 0 Å². The van der Waals surface area contributed by atoms with E-state index in [0.29, 0.717) is 35.2 Å². The molecule has 1 N–H and O–H groups in total. The predicted molar refractivity (Wildman–Crippen MR) is 99.9 cm³/mol. The molecular weight excluding hydrogens is 356 g/mol. The van der Waals surface area contributed by atoms with Gasteiger partial charge in [-0.2, -0.15) is 0 Å². The Labute approximate surface area is 157 Å². The highest BCUT2D eigenvalue weighted by atomic mass is 35.5. The first-order chi connectivity index (χ1) is 12.5. The van der Waals surface area contributed by atoms with E-state index in [-0.39, 0.29) is 18.4 Å². The summed E-state index contributed by atoms with van der Waals surface area (Å²) in [5, 5.41) is 2.91. The van der Waals surface area contributed by atoms with Gasteiger partial charge in [-0.15, -0.1) is 0 Å². The number of likely N-dealkylation sites (N-methyl/N-ethyl adjacent to an activating group) is 1. The van der Waals surface area contributed by atoms with Crippen LogP contribution in [-0.2, 0) is 4.79 Å². The summed E-state index contributed by atoms with van der Waals surface area (Å²) in [6, 6.07) is 14.0. The van der Waals surface area contributed by atoms with Gasteiger partial charge in [0, 0.05) is 7.05 Å². The van der Waals surface area contributed by atoms with Crippen molar-refractivity contribution in [2.45, 2.75) is 0 Å². The maximum atomic E-state index is 12.1. The van der Waals surface area contributed by atoms with Crippen molar-refractivity contribution < 1.29 is 19.1 Å². The predicted octanol–water partition coefficient (Wildman–Crippen LogP) is 2.62. The summed E-state index contributed by atoms with van der Waals surface area (Å²) >= 11 is 5.97. The van der Waals surface area contributed by atoms with Gasteiger partial charge in [-0.3, -0.25) is 9.59 Å². The van der Waals surface area contributed by atoms with Crippen molar-refractivity contribution in [3.8, 4) is 11.5 Å². The second-order valence-electron chi connectivity index (χ2n) is 5.48. The molecule has 2 aromatic carbocycles. The third-order valence-electron chi connectivity index (χ3n) is 3.70. The molecule has 138 valence electrons. The molecule has 2 rings (SSSR count). The number of carbonyl (C=O) groups excluding carboxylic acids is 2. The lowest BCUT2D eigenvalue weighted by Gasteiger charge is -2.18. The van der Waals surface area contributed by atoms with Crippen LogP contribution in [0, 0.1) is 0 Å². The van der Waals surface area contributed by atoms with E-state index in [2.05, 4.69) is 5.32 Å². The van der Waals surface area contributed by atoms with Crippen molar-refractivity contribution in [3.05, 3.63) is 59.1 Å². The Morgan fingerprint density at radius 2 is 1.73 bits per heavy atom. The highest BCUT2D eigenvalue weighted by Gasteiger charge is 2.13. The van der Waals surface area contributed by atoms with Gasteiger partial charge in [-0.1, -0.05) is 35.9 Å². The normalized spacial score (nSPS) is 10.1. The Morgan fingerprint density at radius 3 is 2.42 bits per heavy atom. The number of amides is 2. The molecule has 0 heterocycles. The van der Waals surface area contributed by atoms with Crippen LogP contribution in [0.4, 0.5) is 0 Å². The Hall–Kier alpha value is -2.73. The first-order valence-electron chi connectivity index (χ1n) is 8.05. The lowest BCUT2D eigenvalue weighted by Crippen LogP contribution is -2.39. The van der Waals surface area contributed by atoms with Gasteiger partial charge >= 0.3 is 0 Å². The third kappa shape index (κ3) is 5.39. The van der Waals surface area contributed by atoms with Crippen LogP contribution >= 0.6 is 11.6 Å². The fourth-order valence-corrected chi connectivity index (χ4v) is 2.41. The van der Waals surface area contributed by atoms with E-state index >= 15 is 0 Å². The van der Waals surface area contributed by atoms with E-state index < -0.39 is 0 Å². The minimum atomic E-state index is -0.386. The molecule has 0 aliphatic rings. The number of methoxy groups -OCH3 is 1. The SMILES string of the molecule is COc1ccccc1OCCN(C)C(=O)CNC(=O)c1ccccc1Cl. The van der Waals surface area contributed by atoms with Crippen LogP contribution in [0.2, 0.25) is 5.02 Å². The summed E-state index contributed by atoms with van der Waals surface area (Å²) in [7, 11) is 3.22. The zero-order valence-corrected chi connectivity index (χ0v) is 15.5. The Bertz CT molecular complexity index is 767. The van der Waals surface area contributed by atoms with E-state index in [1.54, 1.807) is 50.6 Å². The van der Waals surface area contributed by atoms with Crippen LogP contribution in [0.1, 0.15) is 10.4 Å². The number of para-hydroxylation sites is 2. The van der Waals surface area contributed by atoms with Crippen LogP contribution in [0.5, 0.6) is 11.5 Å². The fourth-order valence-electron chi connectivity index (χ4n) is 2.19. The molecule has 6 nitrogen and oxygen atoms in total. The van der Waals surface area contributed by atoms with Crippen LogP contribution in [-0.4, -0.2) is 50.6 Å². The summed E-state index contributed by atoms with van der Waals surface area (Å²) in [6.45, 7) is 0.565. The molecule has 0 spiro atoms. The van der Waals surface area contributed by atoms with Crippen LogP contribution in [0.25, 0.3) is 0 Å². The lowest BCUT2D eigenvalue weighted by atomic mass is 10.2. The summed E-state index contributed by atoms with van der Waals surface area (Å²) in [6.07, 6.45) is 0. The first kappa shape index (κ1) is 19.6. The van der Waals surface area contributed by atoms with Gasteiger partial charge in [0.1, 0.15) is 6.61 Å². The standard InChI is InChI=1S/C19H21ClN2O4/c1-22(11-12-26-17-10-6-5-9-16(17)25-2)18(23)13-21-19(24)14-7-3-4-8-15(14)20/h3-10H,11-13H2,1-2H3,(H,21,24). The minimum Gasteiger partial charge on any atom is -0.493 e. The molecule has 0 saturated heterocycles. The Kier molecular flexibility index (Phi) is 7.29. The average Bonchev–Trinajstić information content (AvgIpc) is 2.66. The Morgan fingerprint density at radius 1 is 1.08 bits per heavy atom. The smallest absolute Gasteiger partial charge is 0.253 e. The van der Waals surface area contributed by atoms with Crippen LogP contribution in [0.15, 0.2) is 48.5 Å². The second kappa shape index (κ2) is 9.68. The molecule has 0 saturated carbocycles. The van der Waals surface area contributed by atoms with Crippen molar-refractivity contribution >= 4 is 23.4 Å². The van der Waals surface area contributed by atoms with Gasteiger partial charge in [-0.05, 0) is 24.3 Å². The zero-order chi connectivity index (χ0) is 18.9. The Balaban J connectivity index is 1.77. The molecule has 0 radical (unpaired) electrons. The summed E-state index contributed by atoms with van der Waals surface area (Å²) in [5.41, 5.74) is 0.337. The van der Waals surface area contributed by atoms with E-state index in [9.17, 15) is 9.59 Å². The molecule has 0 atom stereocenters. The van der Waals surface area contributed by atoms with E-state index in [1.165, 1.54) is 4.90 Å². The highest BCUT2D eigenvalue weighted by molar-refractivity contribution is 6.33. The number of hydrogen-bond donors (Lipinski definition) is 1. The molecule has 0 fully saturated rings. The molecular formula is C19H21ClN2O4. The van der Waals surface area contributed by atoms with Crippen LogP contribution in [0.3, 0.4) is 0 Å². The maximum absolute atomic E-state index is 12.1. The lowest BCUT2D eigenvalue weighted by molar-refractivity contribution is -0.129. The number of carbonyl (C=O) groups is 2. The van der Waals surface area contributed by atoms with Gasteiger partial charge in [-0.25, -0.2) is 0 Å². The van der Waals surface area contributed by atoms with Crippen molar-refractivity contribution in [3.63, 3.8) is 0 Å². The molecule has 2 aromatic rings. The molecule has 0 aliphatic carbocycles. The van der Waals surface area contributed by atoms with Crippen LogP contribution < -0.4 is 14.8 Å². The number of rotatable bonds is 8. The molecule has 26 heavy (non-hydrogen) atoms. The molecule has 0 aliphatic heterocycles. The summed E-state index contributed by atoms with van der Waals surface area (Å²) in [4.78, 5) is 25.7. The second-order valence-corrected chi connectivity index (χ2v) is 5.88. The topological polar surface area (TPSA) is 67.9 Å². The van der Waals surface area contributed by atoms with E-state index in [4.69, 9.17) is 21.1 Å². The monoisotopic (exact) mass is 376 g/mol. The molecule has 2 amide bonds.